The molecule has 0 saturated heterocycles. The highest BCUT2D eigenvalue weighted by molar-refractivity contribution is 7.10. The molecule has 6 heteroatoms. The van der Waals surface area contributed by atoms with Crippen LogP contribution in [0, 0.1) is 6.92 Å². The van der Waals surface area contributed by atoms with E-state index in [9.17, 15) is 9.59 Å². The van der Waals surface area contributed by atoms with Crippen LogP contribution in [0.3, 0.4) is 0 Å². The number of hydrogen-bond acceptors (Lipinski definition) is 4. The second-order valence-electron chi connectivity index (χ2n) is 8.12. The van der Waals surface area contributed by atoms with Crippen molar-refractivity contribution < 1.29 is 14.3 Å². The Hall–Kier alpha value is -3.38. The Labute approximate surface area is 198 Å². The maximum absolute atomic E-state index is 13.5. The fraction of sp³-hybridized carbons (Fsp3) is 0.259. The van der Waals surface area contributed by atoms with Gasteiger partial charge in [0.15, 0.2) is 0 Å². The van der Waals surface area contributed by atoms with Crippen LogP contribution in [0.15, 0.2) is 78.7 Å². The van der Waals surface area contributed by atoms with Crippen LogP contribution in [-0.2, 0) is 11.2 Å². The molecule has 0 unspecified atom stereocenters. The summed E-state index contributed by atoms with van der Waals surface area (Å²) in [6.45, 7) is 7.08. The SMILES string of the molecule is C=CCN(CC(=O)N1CCc2sccc2[C@@H]1COc1ccc(C)cc1)C(=O)c1ccccc1. The second kappa shape index (κ2) is 10.5. The van der Waals surface area contributed by atoms with E-state index in [2.05, 4.69) is 18.0 Å². The number of carbonyl (C=O) groups is 2. The van der Waals surface area contributed by atoms with Crippen molar-refractivity contribution in [2.24, 2.45) is 0 Å². The molecule has 1 aliphatic rings. The third-order valence-electron chi connectivity index (χ3n) is 5.83. The number of nitrogens with zero attached hydrogens (tertiary/aromatic N) is 2. The first-order chi connectivity index (χ1) is 16.1. The van der Waals surface area contributed by atoms with Crippen LogP contribution in [0.2, 0.25) is 0 Å². The summed E-state index contributed by atoms with van der Waals surface area (Å²) in [7, 11) is 0. The molecule has 0 radical (unpaired) electrons. The average molecular weight is 461 g/mol. The van der Waals surface area contributed by atoms with Gasteiger partial charge >= 0.3 is 0 Å². The number of aryl methyl sites for hydroxylation is 1. The predicted octanol–water partition coefficient (Wildman–Crippen LogP) is 4.89. The summed E-state index contributed by atoms with van der Waals surface area (Å²) >= 11 is 1.72. The van der Waals surface area contributed by atoms with E-state index in [0.29, 0.717) is 25.3 Å². The number of carbonyl (C=O) groups excluding carboxylic acids is 2. The normalized spacial score (nSPS) is 14.9. The first-order valence-corrected chi connectivity index (χ1v) is 11.9. The van der Waals surface area contributed by atoms with Gasteiger partial charge in [0.1, 0.15) is 18.9 Å². The molecule has 5 nitrogen and oxygen atoms in total. The van der Waals surface area contributed by atoms with E-state index < -0.39 is 0 Å². The van der Waals surface area contributed by atoms with Crippen molar-refractivity contribution >= 4 is 23.2 Å². The number of ether oxygens (including phenoxy) is 1. The van der Waals surface area contributed by atoms with Gasteiger partial charge in [0.2, 0.25) is 5.91 Å². The molecule has 0 spiro atoms. The Morgan fingerprint density at radius 3 is 2.64 bits per heavy atom. The molecule has 33 heavy (non-hydrogen) atoms. The number of hydrogen-bond donors (Lipinski definition) is 0. The molecule has 2 aromatic carbocycles. The number of rotatable bonds is 8. The molecule has 0 fully saturated rings. The van der Waals surface area contributed by atoms with Gasteiger partial charge in [-0.1, -0.05) is 42.0 Å². The third-order valence-corrected chi connectivity index (χ3v) is 6.82. The lowest BCUT2D eigenvalue weighted by Gasteiger charge is -2.37. The lowest BCUT2D eigenvalue weighted by atomic mass is 10.0. The van der Waals surface area contributed by atoms with Crippen LogP contribution in [0.4, 0.5) is 0 Å². The van der Waals surface area contributed by atoms with Crippen molar-refractivity contribution in [3.05, 3.63) is 100 Å². The summed E-state index contributed by atoms with van der Waals surface area (Å²) in [5, 5.41) is 2.07. The predicted molar refractivity (Wildman–Crippen MR) is 132 cm³/mol. The zero-order valence-corrected chi connectivity index (χ0v) is 19.6. The first kappa shape index (κ1) is 22.8. The molecular formula is C27H28N2O3S. The topological polar surface area (TPSA) is 49.9 Å². The Bertz CT molecular complexity index is 1110. The standard InChI is InChI=1S/C27H28N2O3S/c1-3-15-28(27(31)21-7-5-4-6-8-21)18-26(30)29-16-13-25-23(14-17-33-25)24(29)19-32-22-11-9-20(2)10-12-22/h3-12,14,17,24H,1,13,15-16,18-19H2,2H3/t24-/m0/s1. The highest BCUT2D eigenvalue weighted by atomic mass is 32.1. The number of amides is 2. The Kier molecular flexibility index (Phi) is 7.25. The Morgan fingerprint density at radius 1 is 1.15 bits per heavy atom. The van der Waals surface area contributed by atoms with E-state index in [0.717, 1.165) is 17.7 Å². The average Bonchev–Trinajstić information content (AvgIpc) is 3.32. The summed E-state index contributed by atoms with van der Waals surface area (Å²) in [6.07, 6.45) is 2.47. The largest absolute Gasteiger partial charge is 0.491 e. The van der Waals surface area contributed by atoms with E-state index in [4.69, 9.17) is 4.74 Å². The maximum Gasteiger partial charge on any atom is 0.254 e. The maximum atomic E-state index is 13.5. The molecule has 1 atom stereocenters. The summed E-state index contributed by atoms with van der Waals surface area (Å²) in [5.41, 5.74) is 2.86. The van der Waals surface area contributed by atoms with Crippen LogP contribution < -0.4 is 4.74 Å². The van der Waals surface area contributed by atoms with Gasteiger partial charge in [0, 0.05) is 23.5 Å². The minimum Gasteiger partial charge on any atom is -0.491 e. The molecule has 0 aliphatic carbocycles. The summed E-state index contributed by atoms with van der Waals surface area (Å²) in [5.74, 6) is 0.517. The molecule has 1 aliphatic heterocycles. The van der Waals surface area contributed by atoms with E-state index in [1.54, 1.807) is 34.4 Å². The van der Waals surface area contributed by atoms with Gasteiger partial charge in [0.25, 0.3) is 5.91 Å². The summed E-state index contributed by atoms with van der Waals surface area (Å²) in [4.78, 5) is 31.2. The number of fused-ring (bicyclic) bond motifs is 1. The highest BCUT2D eigenvalue weighted by Crippen LogP contribution is 2.34. The fourth-order valence-corrected chi connectivity index (χ4v) is 5.00. The van der Waals surface area contributed by atoms with E-state index >= 15 is 0 Å². The van der Waals surface area contributed by atoms with E-state index in [1.807, 2.05) is 54.3 Å². The minimum atomic E-state index is -0.189. The van der Waals surface area contributed by atoms with Crippen molar-refractivity contribution in [1.29, 1.82) is 0 Å². The minimum absolute atomic E-state index is 0.000248. The van der Waals surface area contributed by atoms with E-state index in [-0.39, 0.29) is 24.4 Å². The van der Waals surface area contributed by atoms with Crippen molar-refractivity contribution in [3.8, 4) is 5.75 Å². The molecule has 170 valence electrons. The summed E-state index contributed by atoms with van der Waals surface area (Å²) in [6, 6.07) is 18.8. The first-order valence-electron chi connectivity index (χ1n) is 11.1. The van der Waals surface area contributed by atoms with Gasteiger partial charge < -0.3 is 14.5 Å². The lowest BCUT2D eigenvalue weighted by Crippen LogP contribution is -2.47. The van der Waals surface area contributed by atoms with Gasteiger partial charge in [0.05, 0.1) is 6.04 Å². The second-order valence-corrected chi connectivity index (χ2v) is 9.12. The molecule has 0 bridgehead atoms. The smallest absolute Gasteiger partial charge is 0.254 e. The quantitative estimate of drug-likeness (QED) is 0.450. The molecule has 0 saturated carbocycles. The van der Waals surface area contributed by atoms with Crippen molar-refractivity contribution in [2.45, 2.75) is 19.4 Å². The molecule has 4 rings (SSSR count). The van der Waals surface area contributed by atoms with E-state index in [1.165, 1.54) is 10.4 Å². The fourth-order valence-electron chi connectivity index (χ4n) is 4.08. The number of benzene rings is 2. The molecule has 1 aromatic heterocycles. The van der Waals surface area contributed by atoms with Gasteiger partial charge in [-0.15, -0.1) is 17.9 Å². The van der Waals surface area contributed by atoms with Crippen LogP contribution in [0.1, 0.15) is 32.4 Å². The van der Waals surface area contributed by atoms with Crippen LogP contribution in [0.25, 0.3) is 0 Å². The van der Waals surface area contributed by atoms with Crippen molar-refractivity contribution in [1.82, 2.24) is 9.80 Å². The van der Waals surface area contributed by atoms with Gasteiger partial charge in [-0.2, -0.15) is 0 Å². The van der Waals surface area contributed by atoms with Crippen LogP contribution in [0.5, 0.6) is 5.75 Å². The zero-order valence-electron chi connectivity index (χ0n) is 18.8. The molecule has 0 N–H and O–H groups in total. The lowest BCUT2D eigenvalue weighted by molar-refractivity contribution is -0.135. The van der Waals surface area contributed by atoms with Gasteiger partial charge in [-0.3, -0.25) is 9.59 Å². The van der Waals surface area contributed by atoms with Crippen LogP contribution in [-0.4, -0.2) is 47.9 Å². The third kappa shape index (κ3) is 5.34. The summed E-state index contributed by atoms with van der Waals surface area (Å²) < 4.78 is 6.09. The Balaban J connectivity index is 1.51. The zero-order chi connectivity index (χ0) is 23.2. The van der Waals surface area contributed by atoms with Gasteiger partial charge in [-0.05, 0) is 54.6 Å². The highest BCUT2D eigenvalue weighted by Gasteiger charge is 2.33. The number of thiophene rings is 1. The Morgan fingerprint density at radius 2 is 1.91 bits per heavy atom. The molecule has 2 heterocycles. The monoisotopic (exact) mass is 460 g/mol. The molecule has 3 aromatic rings. The molecule has 2 amide bonds. The van der Waals surface area contributed by atoms with Gasteiger partial charge in [-0.25, -0.2) is 0 Å². The molecular weight excluding hydrogens is 432 g/mol. The van der Waals surface area contributed by atoms with Crippen molar-refractivity contribution in [2.75, 3.05) is 26.2 Å². The van der Waals surface area contributed by atoms with Crippen LogP contribution >= 0.6 is 11.3 Å². The van der Waals surface area contributed by atoms with Crippen molar-refractivity contribution in [3.63, 3.8) is 0 Å².